The van der Waals surface area contributed by atoms with Crippen LogP contribution in [0.5, 0.6) is 5.75 Å². The van der Waals surface area contributed by atoms with Crippen molar-refractivity contribution in [2.24, 2.45) is 0 Å². The number of halogens is 2. The fourth-order valence-electron chi connectivity index (χ4n) is 1.10. The molecule has 0 heterocycles. The summed E-state index contributed by atoms with van der Waals surface area (Å²) in [6.07, 6.45) is 0.919. The van der Waals surface area contributed by atoms with Gasteiger partial charge in [0.15, 0.2) is 0 Å². The van der Waals surface area contributed by atoms with E-state index in [9.17, 15) is 0 Å². The molecule has 0 aliphatic carbocycles. The van der Waals surface area contributed by atoms with Crippen molar-refractivity contribution in [3.8, 4) is 5.75 Å². The maximum absolute atomic E-state index is 5.87. The third kappa shape index (κ3) is 1.93. The van der Waals surface area contributed by atoms with Gasteiger partial charge >= 0.3 is 0 Å². The van der Waals surface area contributed by atoms with Gasteiger partial charge in [-0.2, -0.15) is 0 Å². The molecule has 1 aromatic carbocycles. The van der Waals surface area contributed by atoms with E-state index in [-0.39, 0.29) is 0 Å². The fraction of sp³-hybridized carbons (Fsp3) is 0.333. The van der Waals surface area contributed by atoms with E-state index in [1.165, 1.54) is 0 Å². The van der Waals surface area contributed by atoms with Crippen molar-refractivity contribution in [1.29, 1.82) is 0 Å². The van der Waals surface area contributed by atoms with Crippen LogP contribution in [0, 0.1) is 0 Å². The van der Waals surface area contributed by atoms with Gasteiger partial charge in [0.25, 0.3) is 0 Å². The van der Waals surface area contributed by atoms with Gasteiger partial charge in [-0.3, -0.25) is 0 Å². The van der Waals surface area contributed by atoms with E-state index in [1.54, 1.807) is 7.11 Å². The third-order valence-corrected chi connectivity index (χ3v) is 2.48. The van der Waals surface area contributed by atoms with Gasteiger partial charge in [0, 0.05) is 5.02 Å². The molecule has 0 aliphatic heterocycles. The molecule has 0 amide bonds. The normalized spacial score (nSPS) is 10.0. The number of hydrogen-bond donors (Lipinski definition) is 0. The molecule has 66 valence electrons. The van der Waals surface area contributed by atoms with Crippen molar-refractivity contribution >= 4 is 27.5 Å². The number of hydrogen-bond acceptors (Lipinski definition) is 1. The van der Waals surface area contributed by atoms with Gasteiger partial charge in [0.2, 0.25) is 0 Å². The van der Waals surface area contributed by atoms with Crippen molar-refractivity contribution in [1.82, 2.24) is 0 Å². The lowest BCUT2D eigenvalue weighted by Gasteiger charge is -2.08. The first-order valence-corrected chi connectivity index (χ1v) is 4.88. The summed E-state index contributed by atoms with van der Waals surface area (Å²) in [7, 11) is 1.66. The zero-order valence-corrected chi connectivity index (χ0v) is 9.37. The lowest BCUT2D eigenvalue weighted by molar-refractivity contribution is 0.407. The zero-order valence-electron chi connectivity index (χ0n) is 7.03. The van der Waals surface area contributed by atoms with Crippen LogP contribution in [-0.2, 0) is 6.42 Å². The standard InChI is InChI=1S/C9H10BrClO/c1-3-6-4-7(11)5-8(10)9(6)12-2/h4-5H,3H2,1-2H3. The molecule has 0 saturated heterocycles. The highest BCUT2D eigenvalue weighted by Gasteiger charge is 2.06. The summed E-state index contributed by atoms with van der Waals surface area (Å²) in [5, 5.41) is 0.736. The van der Waals surface area contributed by atoms with Crippen molar-refractivity contribution in [2.45, 2.75) is 13.3 Å². The summed E-state index contributed by atoms with van der Waals surface area (Å²) < 4.78 is 6.13. The Morgan fingerprint density at radius 3 is 2.67 bits per heavy atom. The smallest absolute Gasteiger partial charge is 0.136 e. The van der Waals surface area contributed by atoms with Gasteiger partial charge in [-0.15, -0.1) is 0 Å². The van der Waals surface area contributed by atoms with Crippen LogP contribution in [0.2, 0.25) is 5.02 Å². The van der Waals surface area contributed by atoms with Crippen molar-refractivity contribution in [2.75, 3.05) is 7.11 Å². The summed E-state index contributed by atoms with van der Waals surface area (Å²) in [6.45, 7) is 2.07. The average Bonchev–Trinajstić information content (AvgIpc) is 2.03. The van der Waals surface area contributed by atoms with Crippen LogP contribution in [0.1, 0.15) is 12.5 Å². The van der Waals surface area contributed by atoms with Gasteiger partial charge in [-0.1, -0.05) is 18.5 Å². The minimum atomic E-state index is 0.736. The molecule has 0 saturated carbocycles. The largest absolute Gasteiger partial charge is 0.495 e. The topological polar surface area (TPSA) is 9.23 Å². The maximum Gasteiger partial charge on any atom is 0.136 e. The average molecular weight is 250 g/mol. The SMILES string of the molecule is CCc1cc(Cl)cc(Br)c1OC. The van der Waals surface area contributed by atoms with Gasteiger partial charge in [0.1, 0.15) is 5.75 Å². The summed E-state index contributed by atoms with van der Waals surface area (Å²) in [6, 6.07) is 3.75. The van der Waals surface area contributed by atoms with Crippen LogP contribution < -0.4 is 4.74 Å². The van der Waals surface area contributed by atoms with E-state index < -0.39 is 0 Å². The van der Waals surface area contributed by atoms with Crippen molar-refractivity contribution in [3.63, 3.8) is 0 Å². The molecule has 3 heteroatoms. The molecular weight excluding hydrogens is 239 g/mol. The summed E-state index contributed by atoms with van der Waals surface area (Å²) in [5.41, 5.74) is 1.12. The number of methoxy groups -OCH3 is 1. The fourth-order valence-corrected chi connectivity index (χ4v) is 2.14. The molecule has 0 N–H and O–H groups in total. The first kappa shape index (κ1) is 9.87. The van der Waals surface area contributed by atoms with Crippen LogP contribution >= 0.6 is 27.5 Å². The van der Waals surface area contributed by atoms with Crippen molar-refractivity contribution in [3.05, 3.63) is 27.2 Å². The summed E-state index contributed by atoms with van der Waals surface area (Å²) >= 11 is 9.26. The van der Waals surface area contributed by atoms with Crippen LogP contribution in [0.25, 0.3) is 0 Å². The van der Waals surface area contributed by atoms with Gasteiger partial charge in [0.05, 0.1) is 11.6 Å². The molecule has 0 unspecified atom stereocenters. The Kier molecular flexibility index (Phi) is 3.41. The minimum absolute atomic E-state index is 0.736. The molecule has 12 heavy (non-hydrogen) atoms. The Bertz CT molecular complexity index is 286. The van der Waals surface area contributed by atoms with Crippen LogP contribution in [0.4, 0.5) is 0 Å². The van der Waals surface area contributed by atoms with Gasteiger partial charge < -0.3 is 4.74 Å². The monoisotopic (exact) mass is 248 g/mol. The molecule has 1 aromatic rings. The maximum atomic E-state index is 5.87. The van der Waals surface area contributed by atoms with E-state index in [0.717, 1.165) is 27.2 Å². The molecule has 0 spiro atoms. The second kappa shape index (κ2) is 4.15. The first-order valence-electron chi connectivity index (χ1n) is 3.71. The predicted molar refractivity (Wildman–Crippen MR) is 55.1 cm³/mol. The van der Waals surface area contributed by atoms with Crippen molar-refractivity contribution < 1.29 is 4.74 Å². The number of aryl methyl sites for hydroxylation is 1. The second-order valence-corrected chi connectivity index (χ2v) is 3.72. The van der Waals surface area contributed by atoms with Crippen LogP contribution in [0.15, 0.2) is 16.6 Å². The summed E-state index contributed by atoms with van der Waals surface area (Å²) in [4.78, 5) is 0. The number of rotatable bonds is 2. The Balaban J connectivity index is 3.24. The third-order valence-electron chi connectivity index (χ3n) is 1.67. The molecule has 0 bridgehead atoms. The van der Waals surface area contributed by atoms with E-state index in [1.807, 2.05) is 12.1 Å². The molecule has 0 fully saturated rings. The lowest BCUT2D eigenvalue weighted by atomic mass is 10.1. The van der Waals surface area contributed by atoms with Crippen LogP contribution in [0.3, 0.4) is 0 Å². The number of benzene rings is 1. The zero-order chi connectivity index (χ0) is 9.14. The molecule has 0 radical (unpaired) electrons. The Hall–Kier alpha value is -0.210. The lowest BCUT2D eigenvalue weighted by Crippen LogP contribution is -1.91. The molecule has 0 atom stereocenters. The van der Waals surface area contributed by atoms with E-state index in [2.05, 4.69) is 22.9 Å². The van der Waals surface area contributed by atoms with E-state index in [0.29, 0.717) is 0 Å². The quantitative estimate of drug-likeness (QED) is 0.777. The van der Waals surface area contributed by atoms with E-state index in [4.69, 9.17) is 16.3 Å². The molecular formula is C9H10BrClO. The predicted octanol–water partition coefficient (Wildman–Crippen LogP) is 3.67. The first-order chi connectivity index (χ1) is 5.69. The Morgan fingerprint density at radius 1 is 1.50 bits per heavy atom. The highest BCUT2D eigenvalue weighted by atomic mass is 79.9. The molecule has 1 nitrogen and oxygen atoms in total. The van der Waals surface area contributed by atoms with Crippen LogP contribution in [-0.4, -0.2) is 7.11 Å². The number of ether oxygens (including phenoxy) is 1. The highest BCUT2D eigenvalue weighted by molar-refractivity contribution is 9.10. The van der Waals surface area contributed by atoms with Gasteiger partial charge in [-0.05, 0) is 40.0 Å². The summed E-state index contributed by atoms with van der Waals surface area (Å²) in [5.74, 6) is 0.877. The van der Waals surface area contributed by atoms with Gasteiger partial charge in [-0.25, -0.2) is 0 Å². The second-order valence-electron chi connectivity index (χ2n) is 2.43. The molecule has 1 rings (SSSR count). The molecule has 0 aliphatic rings. The highest BCUT2D eigenvalue weighted by Crippen LogP contribution is 2.32. The Labute approximate surface area is 85.8 Å². The van der Waals surface area contributed by atoms with E-state index >= 15 is 0 Å². The minimum Gasteiger partial charge on any atom is -0.495 e. The Morgan fingerprint density at radius 2 is 2.17 bits per heavy atom. The molecule has 0 aromatic heterocycles.